The van der Waals surface area contributed by atoms with E-state index in [0.29, 0.717) is 46.7 Å². The molecule has 0 aliphatic carbocycles. The minimum atomic E-state index is -0.302. The van der Waals surface area contributed by atoms with Crippen LogP contribution in [0.5, 0.6) is 17.2 Å². The molecule has 4 rings (SSSR count). The van der Waals surface area contributed by atoms with Gasteiger partial charge in [0.25, 0.3) is 5.91 Å². The smallest absolute Gasteiger partial charge is 0.321 e. The third-order valence-electron chi connectivity index (χ3n) is 5.76. The number of carbonyl (C=O) groups excluding carboxylic acids is 2. The molecule has 1 saturated heterocycles. The maximum atomic E-state index is 12.8. The molecular weight excluding hydrogens is 470 g/mol. The van der Waals surface area contributed by atoms with E-state index in [1.54, 1.807) is 68.7 Å². The number of hydrogen-bond donors (Lipinski definition) is 2. The highest BCUT2D eigenvalue weighted by molar-refractivity contribution is 7.13. The number of nitrogens with one attached hydrogen (secondary N) is 2. The van der Waals surface area contributed by atoms with Crippen LogP contribution in [0.1, 0.15) is 33.6 Å². The monoisotopic (exact) mass is 497 g/mol. The van der Waals surface area contributed by atoms with Crippen molar-refractivity contribution in [2.24, 2.45) is 0 Å². The molecule has 10 nitrogen and oxygen atoms in total. The van der Waals surface area contributed by atoms with Crippen LogP contribution in [-0.2, 0) is 0 Å². The van der Waals surface area contributed by atoms with E-state index in [4.69, 9.17) is 14.2 Å². The quantitative estimate of drug-likeness (QED) is 0.502. The number of urea groups is 1. The largest absolute Gasteiger partial charge is 0.497 e. The molecule has 1 aliphatic heterocycles. The van der Waals surface area contributed by atoms with Gasteiger partial charge in [0.1, 0.15) is 22.3 Å². The highest BCUT2D eigenvalue weighted by atomic mass is 32.1. The van der Waals surface area contributed by atoms with Gasteiger partial charge in [-0.1, -0.05) is 11.3 Å². The van der Waals surface area contributed by atoms with E-state index < -0.39 is 0 Å². The van der Waals surface area contributed by atoms with E-state index in [0.717, 1.165) is 17.8 Å². The highest BCUT2D eigenvalue weighted by Gasteiger charge is 2.27. The lowest BCUT2D eigenvalue weighted by molar-refractivity contribution is 0.102. The Morgan fingerprint density at radius 2 is 1.60 bits per heavy atom. The summed E-state index contributed by atoms with van der Waals surface area (Å²) in [5.41, 5.74) is 1.23. The molecule has 1 fully saturated rings. The summed E-state index contributed by atoms with van der Waals surface area (Å²) < 4.78 is 15.7. The van der Waals surface area contributed by atoms with Crippen LogP contribution in [0.4, 0.5) is 16.2 Å². The normalized spacial score (nSPS) is 13.7. The number of nitrogens with zero attached hydrogens (tertiary/aromatic N) is 3. The number of anilines is 2. The van der Waals surface area contributed by atoms with Crippen LogP contribution in [-0.4, -0.2) is 61.5 Å². The predicted octanol–water partition coefficient (Wildman–Crippen LogP) is 4.23. The summed E-state index contributed by atoms with van der Waals surface area (Å²) in [7, 11) is 4.71. The third kappa shape index (κ3) is 5.80. The molecule has 0 radical (unpaired) electrons. The van der Waals surface area contributed by atoms with E-state index in [1.807, 2.05) is 0 Å². The highest BCUT2D eigenvalue weighted by Crippen LogP contribution is 2.32. The first kappa shape index (κ1) is 24.3. The van der Waals surface area contributed by atoms with Crippen LogP contribution in [0.3, 0.4) is 0 Å². The average molecular weight is 498 g/mol. The first-order valence-electron chi connectivity index (χ1n) is 11.1. The van der Waals surface area contributed by atoms with E-state index in [-0.39, 0.29) is 17.9 Å². The topological polar surface area (TPSA) is 115 Å². The first-order chi connectivity index (χ1) is 17.0. The second-order valence-corrected chi connectivity index (χ2v) is 8.89. The second-order valence-electron chi connectivity index (χ2n) is 7.89. The number of piperidine rings is 1. The van der Waals surface area contributed by atoms with Gasteiger partial charge < -0.3 is 29.7 Å². The summed E-state index contributed by atoms with van der Waals surface area (Å²) in [4.78, 5) is 27.1. The fourth-order valence-electron chi connectivity index (χ4n) is 3.78. The minimum absolute atomic E-state index is 0.148. The number of methoxy groups -OCH3 is 3. The molecule has 1 aromatic heterocycles. The molecule has 0 saturated carbocycles. The van der Waals surface area contributed by atoms with Crippen molar-refractivity contribution >= 4 is 34.6 Å². The number of hydrogen-bond acceptors (Lipinski definition) is 8. The second kappa shape index (κ2) is 11.0. The Kier molecular flexibility index (Phi) is 7.66. The van der Waals surface area contributed by atoms with Gasteiger partial charge in [0.15, 0.2) is 0 Å². The van der Waals surface area contributed by atoms with Crippen LogP contribution in [0.15, 0.2) is 42.5 Å². The Morgan fingerprint density at radius 3 is 2.26 bits per heavy atom. The molecule has 0 unspecified atom stereocenters. The van der Waals surface area contributed by atoms with Gasteiger partial charge in [0.2, 0.25) is 5.01 Å². The molecule has 0 atom stereocenters. The molecule has 2 heterocycles. The number of ether oxygens (including phenoxy) is 3. The molecule has 2 N–H and O–H groups in total. The fraction of sp³-hybridized carbons (Fsp3) is 0.333. The molecule has 2 aromatic carbocycles. The third-order valence-corrected chi connectivity index (χ3v) is 6.85. The summed E-state index contributed by atoms with van der Waals surface area (Å²) >= 11 is 1.29. The van der Waals surface area contributed by atoms with Gasteiger partial charge >= 0.3 is 6.03 Å². The van der Waals surface area contributed by atoms with Gasteiger partial charge in [-0.3, -0.25) is 4.79 Å². The van der Waals surface area contributed by atoms with Crippen molar-refractivity contribution in [2.45, 2.75) is 18.8 Å². The summed E-state index contributed by atoms with van der Waals surface area (Å²) in [5, 5.41) is 15.2. The molecule has 0 spiro atoms. The summed E-state index contributed by atoms with van der Waals surface area (Å²) in [6.07, 6.45) is 1.48. The molecule has 3 aromatic rings. The predicted molar refractivity (Wildman–Crippen MR) is 133 cm³/mol. The van der Waals surface area contributed by atoms with Gasteiger partial charge in [-0.05, 0) is 49.2 Å². The standard InChI is InChI=1S/C24H27N5O5S/c1-32-17-6-4-16(5-7-17)25-21(30)23-28-27-22(35-23)15-10-12-29(13-11-15)24(31)26-19-9-8-18(33-2)14-20(19)34-3/h4-9,14-15H,10-13H2,1-3H3,(H,25,30)(H,26,31). The maximum Gasteiger partial charge on any atom is 0.321 e. The van der Waals surface area contributed by atoms with Crippen LogP contribution in [0.25, 0.3) is 0 Å². The van der Waals surface area contributed by atoms with Gasteiger partial charge in [-0.2, -0.15) is 0 Å². The van der Waals surface area contributed by atoms with Crippen LogP contribution < -0.4 is 24.8 Å². The van der Waals surface area contributed by atoms with Crippen LogP contribution in [0.2, 0.25) is 0 Å². The minimum Gasteiger partial charge on any atom is -0.497 e. The number of amides is 3. The van der Waals surface area contributed by atoms with Crippen molar-refractivity contribution in [2.75, 3.05) is 45.1 Å². The molecule has 0 bridgehead atoms. The molecule has 35 heavy (non-hydrogen) atoms. The van der Waals surface area contributed by atoms with Crippen molar-refractivity contribution in [3.8, 4) is 17.2 Å². The first-order valence-corrected chi connectivity index (χ1v) is 11.9. The van der Waals surface area contributed by atoms with Gasteiger partial charge in [-0.15, -0.1) is 10.2 Å². The number of benzene rings is 2. The zero-order chi connectivity index (χ0) is 24.8. The molecule has 3 amide bonds. The van der Waals surface area contributed by atoms with Crippen molar-refractivity contribution in [3.05, 3.63) is 52.5 Å². The van der Waals surface area contributed by atoms with Crippen molar-refractivity contribution in [3.63, 3.8) is 0 Å². The van der Waals surface area contributed by atoms with Crippen LogP contribution in [0, 0.1) is 0 Å². The zero-order valence-electron chi connectivity index (χ0n) is 19.7. The van der Waals surface area contributed by atoms with Gasteiger partial charge in [-0.25, -0.2) is 4.79 Å². The molecule has 184 valence electrons. The lowest BCUT2D eigenvalue weighted by atomic mass is 9.98. The lowest BCUT2D eigenvalue weighted by Gasteiger charge is -2.31. The number of aromatic nitrogens is 2. The summed E-state index contributed by atoms with van der Waals surface area (Å²) in [6, 6.07) is 12.1. The number of likely N-dealkylation sites (tertiary alicyclic amines) is 1. The van der Waals surface area contributed by atoms with E-state index in [1.165, 1.54) is 11.3 Å². The Hall–Kier alpha value is -3.86. The Balaban J connectivity index is 1.31. The Bertz CT molecular complexity index is 1180. The Morgan fingerprint density at radius 1 is 0.914 bits per heavy atom. The van der Waals surface area contributed by atoms with Crippen LogP contribution >= 0.6 is 11.3 Å². The zero-order valence-corrected chi connectivity index (χ0v) is 20.6. The van der Waals surface area contributed by atoms with Gasteiger partial charge in [0, 0.05) is 30.8 Å². The van der Waals surface area contributed by atoms with Gasteiger partial charge in [0.05, 0.1) is 27.0 Å². The van der Waals surface area contributed by atoms with Crippen molar-refractivity contribution in [1.82, 2.24) is 15.1 Å². The molecule has 11 heteroatoms. The summed E-state index contributed by atoms with van der Waals surface area (Å²) in [5.74, 6) is 1.74. The van der Waals surface area contributed by atoms with Crippen molar-refractivity contribution < 1.29 is 23.8 Å². The van der Waals surface area contributed by atoms with Crippen molar-refractivity contribution in [1.29, 1.82) is 0 Å². The summed E-state index contributed by atoms with van der Waals surface area (Å²) in [6.45, 7) is 1.14. The van der Waals surface area contributed by atoms with E-state index in [2.05, 4.69) is 20.8 Å². The SMILES string of the molecule is COc1ccc(NC(=O)c2nnc(C3CCN(C(=O)Nc4ccc(OC)cc4OC)CC3)s2)cc1. The van der Waals surface area contributed by atoms with E-state index >= 15 is 0 Å². The fourth-order valence-corrected chi connectivity index (χ4v) is 4.68. The molecular formula is C24H27N5O5S. The van der Waals surface area contributed by atoms with E-state index in [9.17, 15) is 9.59 Å². The average Bonchev–Trinajstić information content (AvgIpc) is 3.40. The Labute approximate surface area is 207 Å². The molecule has 1 aliphatic rings. The number of rotatable bonds is 7. The number of carbonyl (C=O) groups is 2. The lowest BCUT2D eigenvalue weighted by Crippen LogP contribution is -2.40. The maximum absolute atomic E-state index is 12.8.